The van der Waals surface area contributed by atoms with Gasteiger partial charge in [-0.15, -0.1) is 0 Å². The van der Waals surface area contributed by atoms with Crippen molar-refractivity contribution in [3.63, 3.8) is 0 Å². The van der Waals surface area contributed by atoms with Crippen LogP contribution in [-0.4, -0.2) is 23.2 Å². The largest absolute Gasteiger partial charge is 0.355 e. The third-order valence-corrected chi connectivity index (χ3v) is 4.02. The van der Waals surface area contributed by atoms with E-state index < -0.39 is 0 Å². The van der Waals surface area contributed by atoms with Crippen molar-refractivity contribution >= 4 is 33.4 Å². The summed E-state index contributed by atoms with van der Waals surface area (Å²) in [6, 6.07) is 5.93. The summed E-state index contributed by atoms with van der Waals surface area (Å²) in [7, 11) is 0. The minimum Gasteiger partial charge on any atom is -0.355 e. The Morgan fingerprint density at radius 1 is 1.29 bits per heavy atom. The van der Waals surface area contributed by atoms with Crippen LogP contribution in [0.1, 0.15) is 37.3 Å². The third kappa shape index (κ3) is 6.29. The van der Waals surface area contributed by atoms with Gasteiger partial charge in [0.1, 0.15) is 0 Å². The number of carbonyl (C=O) groups is 2. The zero-order valence-corrected chi connectivity index (χ0v) is 14.4. The average Bonchev–Trinajstić information content (AvgIpc) is 2.43. The van der Waals surface area contributed by atoms with Crippen molar-refractivity contribution < 1.29 is 9.59 Å². The standard InChI is InChI=1S/C16H23BrN2O2/c1-4-5-13(17)16(21)18-9-8-15(20)19-14-10-11(2)6-7-12(14)3/h6-7,10,13H,4-5,8-9H2,1-3H3,(H,18,21)(H,19,20)/t13-/m1/s1. The highest BCUT2D eigenvalue weighted by atomic mass is 79.9. The van der Waals surface area contributed by atoms with Crippen LogP contribution in [0.2, 0.25) is 0 Å². The van der Waals surface area contributed by atoms with Crippen LogP contribution in [0.15, 0.2) is 18.2 Å². The first-order valence-corrected chi connectivity index (χ1v) is 8.14. The Hall–Kier alpha value is -1.36. The van der Waals surface area contributed by atoms with E-state index in [0.29, 0.717) is 6.54 Å². The number of nitrogens with one attached hydrogen (secondary N) is 2. The fourth-order valence-corrected chi connectivity index (χ4v) is 2.50. The number of aryl methyl sites for hydroxylation is 2. The fourth-order valence-electron chi connectivity index (χ4n) is 1.88. The maximum atomic E-state index is 11.9. The van der Waals surface area contributed by atoms with Gasteiger partial charge >= 0.3 is 0 Å². The zero-order valence-electron chi connectivity index (χ0n) is 12.8. The highest BCUT2D eigenvalue weighted by Crippen LogP contribution is 2.16. The van der Waals surface area contributed by atoms with Crippen molar-refractivity contribution in [1.29, 1.82) is 0 Å². The molecule has 0 radical (unpaired) electrons. The molecule has 1 aromatic carbocycles. The van der Waals surface area contributed by atoms with E-state index in [1.54, 1.807) is 0 Å². The smallest absolute Gasteiger partial charge is 0.233 e. The lowest BCUT2D eigenvalue weighted by Crippen LogP contribution is -2.33. The molecule has 0 aliphatic carbocycles. The summed E-state index contributed by atoms with van der Waals surface area (Å²) in [6.45, 7) is 6.32. The van der Waals surface area contributed by atoms with Crippen LogP contribution in [-0.2, 0) is 9.59 Å². The molecule has 1 aromatic rings. The number of halogens is 1. The van der Waals surface area contributed by atoms with Gasteiger partial charge < -0.3 is 10.6 Å². The number of benzene rings is 1. The molecule has 0 fully saturated rings. The number of hydrogen-bond donors (Lipinski definition) is 2. The molecule has 0 saturated heterocycles. The highest BCUT2D eigenvalue weighted by Gasteiger charge is 2.13. The van der Waals surface area contributed by atoms with E-state index >= 15 is 0 Å². The first-order valence-electron chi connectivity index (χ1n) is 7.23. The van der Waals surface area contributed by atoms with Crippen LogP contribution in [0.3, 0.4) is 0 Å². The molecule has 0 bridgehead atoms. The normalized spacial score (nSPS) is 11.8. The number of anilines is 1. The fraction of sp³-hybridized carbons (Fsp3) is 0.500. The molecule has 2 N–H and O–H groups in total. The Kier molecular flexibility index (Phi) is 7.43. The van der Waals surface area contributed by atoms with Crippen LogP contribution in [0, 0.1) is 13.8 Å². The molecule has 0 aliphatic heterocycles. The quantitative estimate of drug-likeness (QED) is 0.738. The predicted octanol–water partition coefficient (Wildman–Crippen LogP) is 3.31. The molecule has 0 saturated carbocycles. The molecule has 21 heavy (non-hydrogen) atoms. The van der Waals surface area contributed by atoms with Gasteiger partial charge in [-0.1, -0.05) is 41.4 Å². The highest BCUT2D eigenvalue weighted by molar-refractivity contribution is 9.10. The number of amides is 2. The molecule has 0 aliphatic rings. The monoisotopic (exact) mass is 354 g/mol. The van der Waals surface area contributed by atoms with E-state index in [4.69, 9.17) is 0 Å². The van der Waals surface area contributed by atoms with Crippen molar-refractivity contribution in [2.75, 3.05) is 11.9 Å². The first kappa shape index (κ1) is 17.7. The van der Waals surface area contributed by atoms with Gasteiger partial charge in [-0.25, -0.2) is 0 Å². The van der Waals surface area contributed by atoms with Crippen LogP contribution >= 0.6 is 15.9 Å². The van der Waals surface area contributed by atoms with Crippen molar-refractivity contribution in [3.05, 3.63) is 29.3 Å². The summed E-state index contributed by atoms with van der Waals surface area (Å²) in [4.78, 5) is 23.4. The lowest BCUT2D eigenvalue weighted by atomic mass is 10.1. The zero-order chi connectivity index (χ0) is 15.8. The lowest BCUT2D eigenvalue weighted by Gasteiger charge is -2.11. The number of rotatable bonds is 7. The van der Waals surface area contributed by atoms with Gasteiger partial charge in [0.15, 0.2) is 0 Å². The van der Waals surface area contributed by atoms with Gasteiger partial charge in [0, 0.05) is 18.7 Å². The summed E-state index contributed by atoms with van der Waals surface area (Å²) in [5, 5.41) is 5.64. The Labute approximate surface area is 134 Å². The molecule has 0 unspecified atom stereocenters. The van der Waals surface area contributed by atoms with E-state index in [1.807, 2.05) is 39.0 Å². The molecular formula is C16H23BrN2O2. The molecule has 1 rings (SSSR count). The molecule has 1 atom stereocenters. The van der Waals surface area contributed by atoms with Gasteiger partial charge in [0.25, 0.3) is 0 Å². The second-order valence-electron chi connectivity index (χ2n) is 5.16. The molecule has 5 heteroatoms. The van der Waals surface area contributed by atoms with Gasteiger partial charge in [-0.2, -0.15) is 0 Å². The van der Waals surface area contributed by atoms with Gasteiger partial charge in [-0.3, -0.25) is 9.59 Å². The predicted molar refractivity (Wildman–Crippen MR) is 89.8 cm³/mol. The first-order chi connectivity index (χ1) is 9.93. The average molecular weight is 355 g/mol. The maximum Gasteiger partial charge on any atom is 0.233 e. The summed E-state index contributed by atoms with van der Waals surface area (Å²) in [5.74, 6) is -0.151. The lowest BCUT2D eigenvalue weighted by molar-refractivity contribution is -0.120. The van der Waals surface area contributed by atoms with E-state index in [0.717, 1.165) is 29.7 Å². The van der Waals surface area contributed by atoms with Gasteiger partial charge in [0.2, 0.25) is 11.8 Å². The topological polar surface area (TPSA) is 58.2 Å². The second-order valence-corrected chi connectivity index (χ2v) is 6.27. The summed E-state index contributed by atoms with van der Waals surface area (Å²) in [6.07, 6.45) is 2.00. The maximum absolute atomic E-state index is 11.9. The number of hydrogen-bond acceptors (Lipinski definition) is 2. The van der Waals surface area contributed by atoms with E-state index in [-0.39, 0.29) is 23.1 Å². The molecule has 116 valence electrons. The van der Waals surface area contributed by atoms with Crippen molar-refractivity contribution in [2.45, 2.75) is 44.9 Å². The van der Waals surface area contributed by atoms with Gasteiger partial charge in [-0.05, 0) is 37.5 Å². The number of carbonyl (C=O) groups excluding carboxylic acids is 2. The van der Waals surface area contributed by atoms with E-state index in [9.17, 15) is 9.59 Å². The SMILES string of the molecule is CCC[C@@H](Br)C(=O)NCCC(=O)Nc1cc(C)ccc1C. The summed E-state index contributed by atoms with van der Waals surface area (Å²) in [5.41, 5.74) is 2.96. The Bertz CT molecular complexity index is 503. The van der Waals surface area contributed by atoms with Crippen LogP contribution in [0.5, 0.6) is 0 Å². The van der Waals surface area contributed by atoms with Gasteiger partial charge in [0.05, 0.1) is 4.83 Å². The van der Waals surface area contributed by atoms with Crippen LogP contribution in [0.4, 0.5) is 5.69 Å². The van der Waals surface area contributed by atoms with E-state index in [2.05, 4.69) is 26.6 Å². The van der Waals surface area contributed by atoms with Crippen molar-refractivity contribution in [1.82, 2.24) is 5.32 Å². The molecule has 2 amide bonds. The third-order valence-electron chi connectivity index (χ3n) is 3.15. The summed E-state index contributed by atoms with van der Waals surface area (Å²) >= 11 is 3.33. The van der Waals surface area contributed by atoms with Crippen LogP contribution < -0.4 is 10.6 Å². The molecule has 4 nitrogen and oxygen atoms in total. The van der Waals surface area contributed by atoms with E-state index in [1.165, 1.54) is 0 Å². The van der Waals surface area contributed by atoms with Crippen molar-refractivity contribution in [3.8, 4) is 0 Å². The Morgan fingerprint density at radius 3 is 2.67 bits per heavy atom. The molecule has 0 spiro atoms. The minimum atomic E-state index is -0.176. The Balaban J connectivity index is 2.38. The second kappa shape index (κ2) is 8.82. The van der Waals surface area contributed by atoms with Crippen LogP contribution in [0.25, 0.3) is 0 Å². The summed E-state index contributed by atoms with van der Waals surface area (Å²) < 4.78 is 0. The Morgan fingerprint density at radius 2 is 2.00 bits per heavy atom. The molecule has 0 heterocycles. The molecule has 0 aromatic heterocycles. The molecular weight excluding hydrogens is 332 g/mol. The minimum absolute atomic E-state index is 0.0589. The van der Waals surface area contributed by atoms with Crippen molar-refractivity contribution in [2.24, 2.45) is 0 Å². The number of alkyl halides is 1.